The largest absolute Gasteiger partial charge is 0.392 e. The maximum absolute atomic E-state index is 13.1. The SMILES string of the molecule is Cc1cc([C@H]2CCCC[C@H]2O)ccc1F. The minimum absolute atomic E-state index is 0.163. The van der Waals surface area contributed by atoms with Crippen LogP contribution in [0.25, 0.3) is 0 Å². The standard InChI is InChI=1S/C13H17FO/c1-9-8-10(6-7-12(9)14)11-4-2-3-5-13(11)15/h6-8,11,13,15H,2-5H2,1H3/t11-,13-/m1/s1. The van der Waals surface area contributed by atoms with Crippen molar-refractivity contribution in [2.75, 3.05) is 0 Å². The summed E-state index contributed by atoms with van der Waals surface area (Å²) in [6, 6.07) is 5.18. The molecule has 15 heavy (non-hydrogen) atoms. The van der Waals surface area contributed by atoms with Gasteiger partial charge in [0.1, 0.15) is 5.82 Å². The third kappa shape index (κ3) is 2.20. The fourth-order valence-corrected chi connectivity index (χ4v) is 2.40. The predicted molar refractivity (Wildman–Crippen MR) is 58.4 cm³/mol. The van der Waals surface area contributed by atoms with Crippen LogP contribution in [0.3, 0.4) is 0 Å². The van der Waals surface area contributed by atoms with Crippen LogP contribution in [-0.2, 0) is 0 Å². The van der Waals surface area contributed by atoms with E-state index >= 15 is 0 Å². The van der Waals surface area contributed by atoms with Crippen molar-refractivity contribution in [3.8, 4) is 0 Å². The fraction of sp³-hybridized carbons (Fsp3) is 0.538. The lowest BCUT2D eigenvalue weighted by Crippen LogP contribution is -2.22. The summed E-state index contributed by atoms with van der Waals surface area (Å²) in [7, 11) is 0. The second kappa shape index (κ2) is 4.31. The van der Waals surface area contributed by atoms with E-state index in [4.69, 9.17) is 0 Å². The minimum Gasteiger partial charge on any atom is -0.392 e. The molecule has 0 spiro atoms. The molecule has 1 aliphatic carbocycles. The number of rotatable bonds is 1. The third-order valence-electron chi connectivity index (χ3n) is 3.34. The maximum Gasteiger partial charge on any atom is 0.126 e. The Labute approximate surface area is 89.9 Å². The Morgan fingerprint density at radius 3 is 2.67 bits per heavy atom. The van der Waals surface area contributed by atoms with E-state index in [2.05, 4.69) is 0 Å². The summed E-state index contributed by atoms with van der Waals surface area (Å²) in [5.74, 6) is 0.0436. The zero-order valence-corrected chi connectivity index (χ0v) is 9.04. The molecule has 0 heterocycles. The molecule has 1 aromatic carbocycles. The highest BCUT2D eigenvalue weighted by Crippen LogP contribution is 2.33. The van der Waals surface area contributed by atoms with Gasteiger partial charge in [0.05, 0.1) is 6.10 Å². The normalized spacial score (nSPS) is 26.6. The number of aryl methyl sites for hydroxylation is 1. The van der Waals surface area contributed by atoms with Crippen LogP contribution in [0.2, 0.25) is 0 Å². The smallest absolute Gasteiger partial charge is 0.126 e. The van der Waals surface area contributed by atoms with Crippen molar-refractivity contribution in [2.45, 2.75) is 44.6 Å². The van der Waals surface area contributed by atoms with Crippen molar-refractivity contribution in [1.29, 1.82) is 0 Å². The van der Waals surface area contributed by atoms with Gasteiger partial charge in [0.15, 0.2) is 0 Å². The van der Waals surface area contributed by atoms with Crippen molar-refractivity contribution in [3.63, 3.8) is 0 Å². The molecule has 1 saturated carbocycles. The molecule has 0 aromatic heterocycles. The van der Waals surface area contributed by atoms with Gasteiger partial charge < -0.3 is 5.11 Å². The molecular formula is C13H17FO. The van der Waals surface area contributed by atoms with Gasteiger partial charge in [-0.2, -0.15) is 0 Å². The summed E-state index contributed by atoms with van der Waals surface area (Å²) in [4.78, 5) is 0. The third-order valence-corrected chi connectivity index (χ3v) is 3.34. The summed E-state index contributed by atoms with van der Waals surface area (Å²) < 4.78 is 13.1. The Morgan fingerprint density at radius 1 is 1.27 bits per heavy atom. The van der Waals surface area contributed by atoms with Gasteiger partial charge in [0.2, 0.25) is 0 Å². The molecule has 2 atom stereocenters. The van der Waals surface area contributed by atoms with E-state index < -0.39 is 0 Å². The Kier molecular flexibility index (Phi) is 3.06. The number of benzene rings is 1. The average Bonchev–Trinajstić information content (AvgIpc) is 2.23. The van der Waals surface area contributed by atoms with Crippen LogP contribution in [0.15, 0.2) is 18.2 Å². The van der Waals surface area contributed by atoms with Gasteiger partial charge in [0.25, 0.3) is 0 Å². The fourth-order valence-electron chi connectivity index (χ4n) is 2.40. The Bertz CT molecular complexity index is 348. The van der Waals surface area contributed by atoms with Crippen molar-refractivity contribution in [3.05, 3.63) is 35.1 Å². The van der Waals surface area contributed by atoms with Crippen LogP contribution in [0.4, 0.5) is 4.39 Å². The zero-order valence-electron chi connectivity index (χ0n) is 9.04. The molecular weight excluding hydrogens is 191 g/mol. The molecule has 1 nitrogen and oxygen atoms in total. The quantitative estimate of drug-likeness (QED) is 0.751. The highest BCUT2D eigenvalue weighted by Gasteiger charge is 2.24. The molecule has 0 radical (unpaired) electrons. The van der Waals surface area contributed by atoms with Gasteiger partial charge in [0, 0.05) is 5.92 Å². The Balaban J connectivity index is 2.24. The number of hydrogen-bond acceptors (Lipinski definition) is 1. The van der Waals surface area contributed by atoms with Gasteiger partial charge in [-0.05, 0) is 37.0 Å². The highest BCUT2D eigenvalue weighted by molar-refractivity contribution is 5.28. The summed E-state index contributed by atoms with van der Waals surface area (Å²) in [6.07, 6.45) is 3.92. The van der Waals surface area contributed by atoms with Crippen molar-refractivity contribution in [2.24, 2.45) is 0 Å². The maximum atomic E-state index is 13.1. The van der Waals surface area contributed by atoms with E-state index in [1.54, 1.807) is 6.92 Å². The van der Waals surface area contributed by atoms with Gasteiger partial charge in [-0.25, -0.2) is 4.39 Å². The number of halogens is 1. The topological polar surface area (TPSA) is 20.2 Å². The lowest BCUT2D eigenvalue weighted by Gasteiger charge is -2.28. The summed E-state index contributed by atoms with van der Waals surface area (Å²) >= 11 is 0. The first kappa shape index (κ1) is 10.6. The minimum atomic E-state index is -0.247. The lowest BCUT2D eigenvalue weighted by atomic mass is 9.81. The molecule has 1 N–H and O–H groups in total. The number of aliphatic hydroxyl groups is 1. The van der Waals surface area contributed by atoms with Crippen molar-refractivity contribution < 1.29 is 9.50 Å². The summed E-state index contributed by atoms with van der Waals surface area (Å²) in [5, 5.41) is 9.89. The van der Waals surface area contributed by atoms with Gasteiger partial charge in [-0.1, -0.05) is 25.0 Å². The zero-order chi connectivity index (χ0) is 10.8. The van der Waals surface area contributed by atoms with Gasteiger partial charge in [-0.15, -0.1) is 0 Å². The first-order chi connectivity index (χ1) is 7.18. The molecule has 0 amide bonds. The molecule has 1 aliphatic rings. The van der Waals surface area contributed by atoms with E-state index in [0.29, 0.717) is 5.56 Å². The molecule has 0 unspecified atom stereocenters. The molecule has 1 fully saturated rings. The van der Waals surface area contributed by atoms with Crippen LogP contribution >= 0.6 is 0 Å². The first-order valence-corrected chi connectivity index (χ1v) is 5.62. The molecule has 1 aromatic rings. The molecule has 82 valence electrons. The predicted octanol–water partition coefficient (Wildman–Crippen LogP) is 3.15. The van der Waals surface area contributed by atoms with E-state index in [1.807, 2.05) is 12.1 Å². The van der Waals surface area contributed by atoms with Crippen LogP contribution in [0, 0.1) is 12.7 Å². The first-order valence-electron chi connectivity index (χ1n) is 5.62. The second-order valence-corrected chi connectivity index (χ2v) is 4.47. The Hall–Kier alpha value is -0.890. The van der Waals surface area contributed by atoms with Gasteiger partial charge in [-0.3, -0.25) is 0 Å². The van der Waals surface area contributed by atoms with Crippen molar-refractivity contribution >= 4 is 0 Å². The lowest BCUT2D eigenvalue weighted by molar-refractivity contribution is 0.106. The van der Waals surface area contributed by atoms with Crippen LogP contribution < -0.4 is 0 Å². The van der Waals surface area contributed by atoms with Crippen molar-refractivity contribution in [1.82, 2.24) is 0 Å². The highest BCUT2D eigenvalue weighted by atomic mass is 19.1. The Morgan fingerprint density at radius 2 is 2.00 bits per heavy atom. The van der Waals surface area contributed by atoms with E-state index in [-0.39, 0.29) is 17.8 Å². The van der Waals surface area contributed by atoms with E-state index in [9.17, 15) is 9.50 Å². The average molecular weight is 208 g/mol. The number of hydrogen-bond donors (Lipinski definition) is 1. The van der Waals surface area contributed by atoms with Crippen LogP contribution in [-0.4, -0.2) is 11.2 Å². The van der Waals surface area contributed by atoms with E-state index in [0.717, 1.165) is 31.2 Å². The molecule has 0 aliphatic heterocycles. The second-order valence-electron chi connectivity index (χ2n) is 4.47. The molecule has 2 heteroatoms. The molecule has 0 saturated heterocycles. The molecule has 2 rings (SSSR count). The number of aliphatic hydroxyl groups excluding tert-OH is 1. The van der Waals surface area contributed by atoms with Crippen LogP contribution in [0.5, 0.6) is 0 Å². The summed E-state index contributed by atoms with van der Waals surface area (Å²) in [6.45, 7) is 1.77. The van der Waals surface area contributed by atoms with Gasteiger partial charge >= 0.3 is 0 Å². The van der Waals surface area contributed by atoms with Crippen LogP contribution in [0.1, 0.15) is 42.7 Å². The van der Waals surface area contributed by atoms with E-state index in [1.165, 1.54) is 6.07 Å². The molecule has 0 bridgehead atoms. The monoisotopic (exact) mass is 208 g/mol. The summed E-state index contributed by atoms with van der Waals surface area (Å²) in [5.41, 5.74) is 1.76.